The van der Waals surface area contributed by atoms with Gasteiger partial charge in [0.15, 0.2) is 0 Å². The molecule has 18 heavy (non-hydrogen) atoms. The molecule has 0 atom stereocenters. The monoisotopic (exact) mass is 267 g/mol. The molecule has 2 rings (SSSR count). The Hall–Kier alpha value is -1.17. The molecule has 1 aromatic rings. The van der Waals surface area contributed by atoms with Crippen LogP contribution in [0.3, 0.4) is 0 Å². The second kappa shape index (κ2) is 6.13. The van der Waals surface area contributed by atoms with Crippen molar-refractivity contribution in [2.75, 3.05) is 13.2 Å². The largest absolute Gasteiger partial charge is 0.478 e. The zero-order valence-corrected chi connectivity index (χ0v) is 10.9. The number of aliphatic hydroxyl groups is 1. The van der Waals surface area contributed by atoms with E-state index in [0.29, 0.717) is 12.6 Å². The van der Waals surface area contributed by atoms with Crippen LogP contribution in [0, 0.1) is 0 Å². The number of carbonyl (C=O) groups is 1. The standard InChI is InChI=1S/C13H17NO3S/c15-7-6-14(11-2-3-11)9-12-10(5-8-18-12)1-4-13(16)17/h1,4-5,8,11,15H,2-3,6-7,9H2,(H,16,17). The second-order valence-electron chi connectivity index (χ2n) is 4.40. The van der Waals surface area contributed by atoms with Crippen molar-refractivity contribution in [3.05, 3.63) is 28.0 Å². The number of nitrogens with zero attached hydrogens (tertiary/aromatic N) is 1. The molecule has 4 nitrogen and oxygen atoms in total. The van der Waals surface area contributed by atoms with Crippen molar-refractivity contribution in [3.63, 3.8) is 0 Å². The predicted molar refractivity (Wildman–Crippen MR) is 71.5 cm³/mol. The number of rotatable bonds is 7. The third-order valence-electron chi connectivity index (χ3n) is 2.98. The summed E-state index contributed by atoms with van der Waals surface area (Å²) in [6.45, 7) is 1.65. The molecule has 1 fully saturated rings. The number of aliphatic hydroxyl groups excluding tert-OH is 1. The summed E-state index contributed by atoms with van der Waals surface area (Å²) in [4.78, 5) is 13.9. The van der Waals surface area contributed by atoms with Crippen molar-refractivity contribution in [1.29, 1.82) is 0 Å². The van der Waals surface area contributed by atoms with Crippen LogP contribution in [0.5, 0.6) is 0 Å². The van der Waals surface area contributed by atoms with Gasteiger partial charge < -0.3 is 10.2 Å². The van der Waals surface area contributed by atoms with Gasteiger partial charge in [-0.1, -0.05) is 0 Å². The predicted octanol–water partition coefficient (Wildman–Crippen LogP) is 1.80. The maximum Gasteiger partial charge on any atom is 0.328 e. The van der Waals surface area contributed by atoms with Crippen molar-refractivity contribution >= 4 is 23.4 Å². The first-order valence-corrected chi connectivity index (χ1v) is 6.91. The Morgan fingerprint density at radius 1 is 1.56 bits per heavy atom. The minimum absolute atomic E-state index is 0.169. The van der Waals surface area contributed by atoms with Gasteiger partial charge in [0.2, 0.25) is 0 Å². The number of carboxylic acid groups (broad SMARTS) is 1. The SMILES string of the molecule is O=C(O)C=Cc1ccsc1CN(CCO)C1CC1. The average molecular weight is 267 g/mol. The topological polar surface area (TPSA) is 60.8 Å². The van der Waals surface area contributed by atoms with Crippen molar-refractivity contribution in [2.24, 2.45) is 0 Å². The van der Waals surface area contributed by atoms with Crippen molar-refractivity contribution < 1.29 is 15.0 Å². The number of carboxylic acids is 1. The highest BCUT2D eigenvalue weighted by Crippen LogP contribution is 2.30. The van der Waals surface area contributed by atoms with Crippen LogP contribution in [0.2, 0.25) is 0 Å². The summed E-state index contributed by atoms with van der Waals surface area (Å²) in [6.07, 6.45) is 5.20. The molecule has 0 radical (unpaired) electrons. The summed E-state index contributed by atoms with van der Waals surface area (Å²) in [5.41, 5.74) is 0.964. The molecule has 1 aromatic heterocycles. The van der Waals surface area contributed by atoms with Crippen molar-refractivity contribution in [3.8, 4) is 0 Å². The van der Waals surface area contributed by atoms with E-state index in [1.54, 1.807) is 17.4 Å². The summed E-state index contributed by atoms with van der Waals surface area (Å²) in [6, 6.07) is 2.53. The highest BCUT2D eigenvalue weighted by Gasteiger charge is 2.28. The van der Waals surface area contributed by atoms with E-state index in [9.17, 15) is 4.79 Å². The highest BCUT2D eigenvalue weighted by atomic mass is 32.1. The van der Waals surface area contributed by atoms with Gasteiger partial charge >= 0.3 is 5.97 Å². The van der Waals surface area contributed by atoms with E-state index >= 15 is 0 Å². The molecule has 0 unspecified atom stereocenters. The van der Waals surface area contributed by atoms with Crippen LogP contribution >= 0.6 is 11.3 Å². The smallest absolute Gasteiger partial charge is 0.328 e. The molecule has 98 valence electrons. The molecule has 1 aliphatic carbocycles. The second-order valence-corrected chi connectivity index (χ2v) is 5.40. The number of aliphatic carboxylic acids is 1. The Kier molecular flexibility index (Phi) is 4.52. The van der Waals surface area contributed by atoms with Gasteiger partial charge in [-0.15, -0.1) is 11.3 Å². The number of thiophene rings is 1. The minimum atomic E-state index is -0.929. The van der Waals surface area contributed by atoms with Crippen LogP contribution in [0.4, 0.5) is 0 Å². The van der Waals surface area contributed by atoms with E-state index < -0.39 is 5.97 Å². The van der Waals surface area contributed by atoms with Crippen LogP contribution in [0.1, 0.15) is 23.3 Å². The minimum Gasteiger partial charge on any atom is -0.478 e. The molecular formula is C13H17NO3S. The molecule has 0 bridgehead atoms. The summed E-state index contributed by atoms with van der Waals surface area (Å²) in [5.74, 6) is -0.929. The van der Waals surface area contributed by atoms with E-state index in [-0.39, 0.29) is 6.61 Å². The van der Waals surface area contributed by atoms with E-state index in [0.717, 1.165) is 17.0 Å². The van der Waals surface area contributed by atoms with Gasteiger partial charge in [0.1, 0.15) is 0 Å². The van der Waals surface area contributed by atoms with E-state index in [4.69, 9.17) is 10.2 Å². The van der Waals surface area contributed by atoms with Crippen LogP contribution < -0.4 is 0 Å². The van der Waals surface area contributed by atoms with Crippen molar-refractivity contribution in [1.82, 2.24) is 4.90 Å². The maximum atomic E-state index is 10.5. The zero-order chi connectivity index (χ0) is 13.0. The summed E-state index contributed by atoms with van der Waals surface area (Å²) >= 11 is 1.63. The summed E-state index contributed by atoms with van der Waals surface area (Å²) in [7, 11) is 0. The molecule has 0 saturated heterocycles. The Labute approximate surface area is 110 Å². The lowest BCUT2D eigenvalue weighted by atomic mass is 10.2. The highest BCUT2D eigenvalue weighted by molar-refractivity contribution is 7.10. The quantitative estimate of drug-likeness (QED) is 0.740. The Morgan fingerprint density at radius 2 is 2.33 bits per heavy atom. The molecule has 0 spiro atoms. The molecule has 0 amide bonds. The molecule has 1 saturated carbocycles. The number of hydrogen-bond acceptors (Lipinski definition) is 4. The Bertz CT molecular complexity index is 437. The fourth-order valence-electron chi connectivity index (χ4n) is 1.93. The van der Waals surface area contributed by atoms with Gasteiger partial charge in [-0.2, -0.15) is 0 Å². The summed E-state index contributed by atoms with van der Waals surface area (Å²) < 4.78 is 0. The molecule has 0 aliphatic heterocycles. The molecular weight excluding hydrogens is 250 g/mol. The fourth-order valence-corrected chi connectivity index (χ4v) is 2.82. The van der Waals surface area contributed by atoms with E-state index in [1.807, 2.05) is 11.4 Å². The van der Waals surface area contributed by atoms with Gasteiger partial charge in [0, 0.05) is 30.1 Å². The fraction of sp³-hybridized carbons (Fsp3) is 0.462. The Morgan fingerprint density at radius 3 is 2.94 bits per heavy atom. The van der Waals surface area contributed by atoms with Crippen LogP contribution in [-0.4, -0.2) is 40.3 Å². The van der Waals surface area contributed by atoms with Gasteiger partial charge in [-0.25, -0.2) is 4.79 Å². The first-order valence-electron chi connectivity index (χ1n) is 6.03. The zero-order valence-electron chi connectivity index (χ0n) is 10.1. The van der Waals surface area contributed by atoms with Crippen LogP contribution in [-0.2, 0) is 11.3 Å². The maximum absolute atomic E-state index is 10.5. The molecule has 1 heterocycles. The normalized spacial score (nSPS) is 15.7. The molecule has 5 heteroatoms. The first-order chi connectivity index (χ1) is 8.70. The van der Waals surface area contributed by atoms with E-state index in [2.05, 4.69) is 4.90 Å². The Balaban J connectivity index is 2.03. The van der Waals surface area contributed by atoms with Gasteiger partial charge in [-0.3, -0.25) is 4.90 Å². The van der Waals surface area contributed by atoms with Crippen LogP contribution in [0.15, 0.2) is 17.5 Å². The molecule has 0 aromatic carbocycles. The van der Waals surface area contributed by atoms with Gasteiger partial charge in [0.05, 0.1) is 6.61 Å². The van der Waals surface area contributed by atoms with Gasteiger partial charge in [0.25, 0.3) is 0 Å². The average Bonchev–Trinajstić information content (AvgIpc) is 3.08. The lowest BCUT2D eigenvalue weighted by Gasteiger charge is -2.20. The lowest BCUT2D eigenvalue weighted by Crippen LogP contribution is -2.28. The number of hydrogen-bond donors (Lipinski definition) is 2. The van der Waals surface area contributed by atoms with Crippen LogP contribution in [0.25, 0.3) is 6.08 Å². The van der Waals surface area contributed by atoms with Crippen molar-refractivity contribution in [2.45, 2.75) is 25.4 Å². The first kappa shape index (κ1) is 13.3. The molecule has 2 N–H and O–H groups in total. The molecule has 1 aliphatic rings. The summed E-state index contributed by atoms with van der Waals surface area (Å²) in [5, 5.41) is 19.7. The third-order valence-corrected chi connectivity index (χ3v) is 3.90. The van der Waals surface area contributed by atoms with E-state index in [1.165, 1.54) is 18.9 Å². The van der Waals surface area contributed by atoms with Gasteiger partial charge in [-0.05, 0) is 35.9 Å². The third kappa shape index (κ3) is 3.66. The lowest BCUT2D eigenvalue weighted by molar-refractivity contribution is -0.131.